The van der Waals surface area contributed by atoms with Gasteiger partial charge in [-0.15, -0.1) is 0 Å². The van der Waals surface area contributed by atoms with Crippen LogP contribution in [0.2, 0.25) is 0 Å². The van der Waals surface area contributed by atoms with Crippen LogP contribution in [0.3, 0.4) is 0 Å². The molecule has 2 fully saturated rings. The fourth-order valence-electron chi connectivity index (χ4n) is 4.59. The van der Waals surface area contributed by atoms with Crippen LogP contribution in [0, 0.1) is 11.8 Å². The van der Waals surface area contributed by atoms with E-state index in [-0.39, 0.29) is 60.0 Å². The van der Waals surface area contributed by atoms with Crippen LogP contribution in [0.4, 0.5) is 0 Å². The van der Waals surface area contributed by atoms with Crippen molar-refractivity contribution in [3.05, 3.63) is 11.6 Å². The molecular weight excluding hydrogens is 479 g/mol. The van der Waals surface area contributed by atoms with Gasteiger partial charge in [-0.3, -0.25) is 4.79 Å². The number of ether oxygens (including phenoxy) is 3. The molecule has 0 saturated carbocycles. The van der Waals surface area contributed by atoms with Crippen molar-refractivity contribution in [1.29, 1.82) is 0 Å². The molecule has 0 aromatic rings. The molecule has 2 heterocycles. The molecule has 0 aliphatic carbocycles. The number of aliphatic hydroxyl groups excluding tert-OH is 3. The number of carbonyl (C=O) groups excluding carboxylic acids is 1. The standard InChI is InChI=1S/C26H44O9.Na.H/c1-16(13-23(30)33-11-9-7-5-4-6-8-10-22(28)29)12-20-25(32)24(31)19(15-34-20)14-21-26(35-21)17(2)18(3)27;;/h13,17-21,24-27,31-32H,4-12,14-15H2,1-3H3,(H,28,29);;/b16-13+;;/t17-,18-,19-,20-,21-,24+,25-,26-;;/m0../s1. The first-order chi connectivity index (χ1) is 16.6. The fourth-order valence-corrected chi connectivity index (χ4v) is 4.59. The van der Waals surface area contributed by atoms with Crippen molar-refractivity contribution >= 4 is 41.5 Å². The van der Waals surface area contributed by atoms with Gasteiger partial charge in [-0.05, 0) is 39.5 Å². The average Bonchev–Trinajstić information content (AvgIpc) is 3.55. The first-order valence-corrected chi connectivity index (χ1v) is 13.0. The topological polar surface area (TPSA) is 146 Å². The van der Waals surface area contributed by atoms with E-state index in [9.17, 15) is 24.9 Å². The second-order valence-electron chi connectivity index (χ2n) is 10.2. The van der Waals surface area contributed by atoms with Gasteiger partial charge >= 0.3 is 41.5 Å². The van der Waals surface area contributed by atoms with Gasteiger partial charge in [-0.2, -0.15) is 0 Å². The van der Waals surface area contributed by atoms with Crippen LogP contribution >= 0.6 is 0 Å². The number of rotatable bonds is 16. The summed E-state index contributed by atoms with van der Waals surface area (Å²) in [7, 11) is 0. The Morgan fingerprint density at radius 2 is 1.67 bits per heavy atom. The van der Waals surface area contributed by atoms with Crippen molar-refractivity contribution in [3.8, 4) is 0 Å². The molecule has 0 aromatic carbocycles. The SMILES string of the molecule is C/C(=C\C(=O)OCCCCCCCCC(=O)O)C[C@@H]1OC[C@H](C[C@@H]2O[C@H]2[C@@H](C)[C@H](C)O)[C@@H](O)[C@H]1O.[NaH]. The maximum atomic E-state index is 12.1. The van der Waals surface area contributed by atoms with Crippen LogP contribution in [0.5, 0.6) is 0 Å². The number of carboxylic acid groups (broad SMARTS) is 1. The summed E-state index contributed by atoms with van der Waals surface area (Å²) in [5.41, 5.74) is 0.708. The molecule has 204 valence electrons. The fraction of sp³-hybridized carbons (Fsp3) is 0.846. The molecular formula is C26H45NaO9. The molecule has 2 aliphatic rings. The van der Waals surface area contributed by atoms with Gasteiger partial charge in [0.2, 0.25) is 0 Å². The Labute approximate surface area is 236 Å². The number of aliphatic carboxylic acids is 1. The molecule has 0 aromatic heterocycles. The monoisotopic (exact) mass is 524 g/mol. The molecule has 2 saturated heterocycles. The molecule has 0 unspecified atom stereocenters. The van der Waals surface area contributed by atoms with E-state index in [0.717, 1.165) is 32.1 Å². The average molecular weight is 525 g/mol. The minimum absolute atomic E-state index is 0. The molecule has 36 heavy (non-hydrogen) atoms. The molecule has 10 heteroatoms. The molecule has 4 N–H and O–H groups in total. The molecule has 0 radical (unpaired) electrons. The van der Waals surface area contributed by atoms with Crippen LogP contribution < -0.4 is 0 Å². The summed E-state index contributed by atoms with van der Waals surface area (Å²) in [6, 6.07) is 0. The normalized spacial score (nSPS) is 29.7. The van der Waals surface area contributed by atoms with Gasteiger partial charge in [-0.25, -0.2) is 4.79 Å². The van der Waals surface area contributed by atoms with Crippen molar-refractivity contribution in [2.75, 3.05) is 13.2 Å². The predicted molar refractivity (Wildman–Crippen MR) is 136 cm³/mol. The zero-order valence-electron chi connectivity index (χ0n) is 21.3. The van der Waals surface area contributed by atoms with Crippen LogP contribution in [0.15, 0.2) is 11.6 Å². The van der Waals surface area contributed by atoms with E-state index < -0.39 is 36.4 Å². The molecule has 0 bridgehead atoms. The molecule has 2 aliphatic heterocycles. The number of aliphatic hydroxyl groups is 3. The Bertz CT molecular complexity index is 699. The number of epoxide rings is 1. The van der Waals surface area contributed by atoms with Crippen molar-refractivity contribution in [2.24, 2.45) is 11.8 Å². The second-order valence-corrected chi connectivity index (χ2v) is 10.2. The van der Waals surface area contributed by atoms with Gasteiger partial charge in [-0.1, -0.05) is 38.2 Å². The molecule has 0 spiro atoms. The van der Waals surface area contributed by atoms with E-state index in [1.54, 1.807) is 13.8 Å². The Balaban J connectivity index is 0.00000648. The minimum atomic E-state index is -1.06. The van der Waals surface area contributed by atoms with Crippen molar-refractivity contribution in [1.82, 2.24) is 0 Å². The van der Waals surface area contributed by atoms with Gasteiger partial charge in [0.05, 0.1) is 43.7 Å². The predicted octanol–water partition coefficient (Wildman–Crippen LogP) is 1.94. The zero-order valence-corrected chi connectivity index (χ0v) is 21.3. The Kier molecular flexibility index (Phi) is 16.0. The summed E-state index contributed by atoms with van der Waals surface area (Å²) < 4.78 is 16.7. The van der Waals surface area contributed by atoms with E-state index in [1.807, 2.05) is 6.92 Å². The summed E-state index contributed by atoms with van der Waals surface area (Å²) in [5.74, 6) is -1.42. The van der Waals surface area contributed by atoms with E-state index in [2.05, 4.69) is 0 Å². The summed E-state index contributed by atoms with van der Waals surface area (Å²) in [4.78, 5) is 22.5. The second kappa shape index (κ2) is 17.1. The van der Waals surface area contributed by atoms with E-state index in [1.165, 1.54) is 6.08 Å². The van der Waals surface area contributed by atoms with Crippen LogP contribution in [0.25, 0.3) is 0 Å². The molecule has 8 atom stereocenters. The quantitative estimate of drug-likeness (QED) is 0.0782. The van der Waals surface area contributed by atoms with Crippen molar-refractivity contribution in [2.45, 2.75) is 115 Å². The molecule has 0 amide bonds. The van der Waals surface area contributed by atoms with Gasteiger partial charge < -0.3 is 34.6 Å². The van der Waals surface area contributed by atoms with E-state index in [4.69, 9.17) is 19.3 Å². The number of hydrogen-bond acceptors (Lipinski definition) is 8. The summed E-state index contributed by atoms with van der Waals surface area (Å²) in [5, 5.41) is 39.5. The van der Waals surface area contributed by atoms with Crippen molar-refractivity contribution < 1.29 is 44.2 Å². The van der Waals surface area contributed by atoms with Gasteiger partial charge in [0.1, 0.15) is 6.10 Å². The van der Waals surface area contributed by atoms with Crippen LogP contribution in [0.1, 0.15) is 78.6 Å². The van der Waals surface area contributed by atoms with Crippen LogP contribution in [-0.4, -0.2) is 112 Å². The number of esters is 1. The van der Waals surface area contributed by atoms with Crippen molar-refractivity contribution in [3.63, 3.8) is 0 Å². The third-order valence-corrected chi connectivity index (χ3v) is 7.09. The van der Waals surface area contributed by atoms with E-state index >= 15 is 0 Å². The third kappa shape index (κ3) is 11.9. The summed E-state index contributed by atoms with van der Waals surface area (Å²) in [6.45, 7) is 6.07. The Morgan fingerprint density at radius 3 is 2.31 bits per heavy atom. The zero-order chi connectivity index (χ0) is 26.0. The summed E-state index contributed by atoms with van der Waals surface area (Å²) in [6.07, 6.45) is 4.61. The maximum absolute atomic E-state index is 12.1. The van der Waals surface area contributed by atoms with Gasteiger partial charge in [0, 0.05) is 24.3 Å². The van der Waals surface area contributed by atoms with E-state index in [0.29, 0.717) is 38.0 Å². The Hall–Kier alpha value is -0.520. The number of unbranched alkanes of at least 4 members (excludes halogenated alkanes) is 5. The van der Waals surface area contributed by atoms with Gasteiger partial charge in [0.15, 0.2) is 0 Å². The summed E-state index contributed by atoms with van der Waals surface area (Å²) >= 11 is 0. The van der Waals surface area contributed by atoms with Crippen LogP contribution in [-0.2, 0) is 23.8 Å². The number of carbonyl (C=O) groups is 2. The molecule has 9 nitrogen and oxygen atoms in total. The number of hydrogen-bond donors (Lipinski definition) is 4. The number of carboxylic acids is 1. The molecule has 2 rings (SSSR count). The van der Waals surface area contributed by atoms with Gasteiger partial charge in [0.25, 0.3) is 0 Å². The third-order valence-electron chi connectivity index (χ3n) is 7.09. The Morgan fingerprint density at radius 1 is 1.03 bits per heavy atom. The first kappa shape index (κ1) is 33.5. The first-order valence-electron chi connectivity index (χ1n) is 13.0.